The number of hydrogen-bond donors (Lipinski definition) is 0. The molecule has 0 aliphatic rings. The lowest BCUT2D eigenvalue weighted by Gasteiger charge is -2.11. The number of hydrogen-bond acceptors (Lipinski definition) is 8. The average Bonchev–Trinajstić information content (AvgIpc) is 3.28. The van der Waals surface area contributed by atoms with Crippen LogP contribution in [0.2, 0.25) is 0 Å². The summed E-state index contributed by atoms with van der Waals surface area (Å²) in [6.45, 7) is 1.73. The van der Waals surface area contributed by atoms with Crippen molar-refractivity contribution in [1.82, 2.24) is 29.7 Å². The van der Waals surface area contributed by atoms with E-state index >= 15 is 0 Å². The van der Waals surface area contributed by atoms with Gasteiger partial charge in [0, 0.05) is 17.8 Å². The van der Waals surface area contributed by atoms with Gasteiger partial charge in [0.2, 0.25) is 15.0 Å². The minimum atomic E-state index is -4.82. The van der Waals surface area contributed by atoms with Gasteiger partial charge in [0.05, 0.1) is 23.3 Å². The highest BCUT2D eigenvalue weighted by atomic mass is 127. The second-order valence-corrected chi connectivity index (χ2v) is 10.4. The SMILES string of the molecule is Cc1nocc1-c1ccc2c(-c3nc(S(C)(=O)=O)ncc3C(F)(F)F)nn(PI)c2n1. The van der Waals surface area contributed by atoms with Crippen LogP contribution < -0.4 is 0 Å². The Morgan fingerprint density at radius 3 is 2.52 bits per heavy atom. The van der Waals surface area contributed by atoms with Crippen molar-refractivity contribution >= 4 is 49.3 Å². The molecule has 4 aromatic heterocycles. The highest BCUT2D eigenvalue weighted by molar-refractivity contribution is 14.2. The van der Waals surface area contributed by atoms with Crippen molar-refractivity contribution < 1.29 is 26.1 Å². The molecule has 15 heteroatoms. The molecule has 0 spiro atoms. The fourth-order valence-electron chi connectivity index (χ4n) is 2.85. The summed E-state index contributed by atoms with van der Waals surface area (Å²) >= 11 is 2.02. The van der Waals surface area contributed by atoms with Gasteiger partial charge in [0.15, 0.2) is 5.65 Å². The Kier molecular flexibility index (Phi) is 5.50. The van der Waals surface area contributed by atoms with E-state index in [1.54, 1.807) is 19.1 Å². The van der Waals surface area contributed by atoms with Crippen LogP contribution in [-0.2, 0) is 16.0 Å². The molecule has 0 amide bonds. The first-order valence-electron chi connectivity index (χ1n) is 8.33. The highest BCUT2D eigenvalue weighted by Gasteiger charge is 2.37. The fraction of sp³-hybridized carbons (Fsp3) is 0.188. The number of aryl methyl sites for hydroxylation is 1. The number of alkyl halides is 3. The van der Waals surface area contributed by atoms with Crippen LogP contribution in [0.3, 0.4) is 0 Å². The third-order valence-electron chi connectivity index (χ3n) is 4.26. The lowest BCUT2D eigenvalue weighted by Crippen LogP contribution is -2.13. The summed E-state index contributed by atoms with van der Waals surface area (Å²) in [7, 11) is -3.95. The monoisotopic (exact) mass is 582 g/mol. The highest BCUT2D eigenvalue weighted by Crippen LogP contribution is 2.40. The Labute approximate surface area is 187 Å². The zero-order valence-electron chi connectivity index (χ0n) is 15.6. The first-order valence-corrected chi connectivity index (χ1v) is 14.3. The van der Waals surface area contributed by atoms with Crippen LogP contribution in [0.5, 0.6) is 0 Å². The van der Waals surface area contributed by atoms with E-state index in [9.17, 15) is 21.6 Å². The summed E-state index contributed by atoms with van der Waals surface area (Å²) < 4.78 is 71.0. The Hall–Kier alpha value is -2.19. The molecule has 162 valence electrons. The van der Waals surface area contributed by atoms with E-state index in [2.05, 4.69) is 25.2 Å². The molecule has 0 aliphatic heterocycles. The third kappa shape index (κ3) is 4.03. The maximum atomic E-state index is 13.6. The first kappa shape index (κ1) is 22.0. The van der Waals surface area contributed by atoms with Gasteiger partial charge in [-0.2, -0.15) is 18.3 Å². The Balaban J connectivity index is 2.01. The van der Waals surface area contributed by atoms with E-state index in [0.29, 0.717) is 28.8 Å². The molecule has 1 unspecified atom stereocenters. The molecule has 0 fully saturated rings. The zero-order chi connectivity index (χ0) is 22.6. The molecule has 31 heavy (non-hydrogen) atoms. The molecule has 4 aromatic rings. The van der Waals surface area contributed by atoms with Gasteiger partial charge >= 0.3 is 6.18 Å². The van der Waals surface area contributed by atoms with E-state index in [4.69, 9.17) is 4.52 Å². The van der Waals surface area contributed by atoms with Gasteiger partial charge in [-0.15, -0.1) is 0 Å². The first-order chi connectivity index (χ1) is 14.5. The number of fused-ring (bicyclic) bond motifs is 1. The van der Waals surface area contributed by atoms with Crippen molar-refractivity contribution in [3.8, 4) is 22.6 Å². The van der Waals surface area contributed by atoms with Crippen molar-refractivity contribution in [3.05, 3.63) is 35.9 Å². The molecular formula is C16H11F3IN6O3PS. The molecular weight excluding hydrogens is 571 g/mol. The summed E-state index contributed by atoms with van der Waals surface area (Å²) in [4.78, 5) is 11.6. The molecule has 0 bridgehead atoms. The minimum Gasteiger partial charge on any atom is -0.364 e. The van der Waals surface area contributed by atoms with E-state index in [-0.39, 0.29) is 17.5 Å². The topological polar surface area (TPSA) is 117 Å². The summed E-state index contributed by atoms with van der Waals surface area (Å²) in [5.74, 6) is 0. The lowest BCUT2D eigenvalue weighted by atomic mass is 10.1. The molecule has 4 heterocycles. The maximum absolute atomic E-state index is 13.6. The molecule has 0 radical (unpaired) electrons. The van der Waals surface area contributed by atoms with Crippen LogP contribution in [0, 0.1) is 6.92 Å². The molecule has 4 rings (SSSR count). The van der Waals surface area contributed by atoms with Crippen molar-refractivity contribution in [3.63, 3.8) is 0 Å². The van der Waals surface area contributed by atoms with Gasteiger partial charge in [-0.05, 0) is 41.1 Å². The summed E-state index contributed by atoms with van der Waals surface area (Å²) in [5.41, 5.74) is 0.0881. The molecule has 0 N–H and O–H groups in total. The van der Waals surface area contributed by atoms with Crippen molar-refractivity contribution in [1.29, 1.82) is 0 Å². The van der Waals surface area contributed by atoms with Crippen LogP contribution in [0.25, 0.3) is 33.7 Å². The predicted octanol–water partition coefficient (Wildman–Crippen LogP) is 4.07. The summed E-state index contributed by atoms with van der Waals surface area (Å²) in [5, 5.41) is 7.62. The van der Waals surface area contributed by atoms with Crippen LogP contribution in [0.1, 0.15) is 11.3 Å². The van der Waals surface area contributed by atoms with E-state index in [1.807, 2.05) is 22.0 Å². The Bertz CT molecular complexity index is 1420. The van der Waals surface area contributed by atoms with Crippen LogP contribution in [0.15, 0.2) is 34.3 Å². The lowest BCUT2D eigenvalue weighted by molar-refractivity contribution is -0.137. The summed E-state index contributed by atoms with van der Waals surface area (Å²) in [6, 6.07) is 3.15. The van der Waals surface area contributed by atoms with Crippen molar-refractivity contribution in [2.75, 3.05) is 6.26 Å². The molecule has 0 aromatic carbocycles. The van der Waals surface area contributed by atoms with Gasteiger partial charge in [0.25, 0.3) is 0 Å². The van der Waals surface area contributed by atoms with Gasteiger partial charge < -0.3 is 4.52 Å². The smallest absolute Gasteiger partial charge is 0.364 e. The number of nitrogens with zero attached hydrogens (tertiary/aromatic N) is 6. The van der Waals surface area contributed by atoms with Gasteiger partial charge in [-0.25, -0.2) is 27.8 Å². The number of sulfone groups is 1. The summed E-state index contributed by atoms with van der Waals surface area (Å²) in [6.07, 6.45) is -2.12. The zero-order valence-corrected chi connectivity index (χ0v) is 19.6. The largest absolute Gasteiger partial charge is 0.420 e. The van der Waals surface area contributed by atoms with Gasteiger partial charge in [-0.1, -0.05) is 5.16 Å². The normalized spacial score (nSPS) is 13.0. The number of pyridine rings is 1. The van der Waals surface area contributed by atoms with Crippen LogP contribution >= 0.6 is 28.4 Å². The molecule has 9 nitrogen and oxygen atoms in total. The van der Waals surface area contributed by atoms with Gasteiger partial charge in [-0.3, -0.25) is 0 Å². The standard InChI is InChI=1S/C16H11F3IN6O3PS/c1-7-9(6-29-25-7)11-4-3-8-12(24-26(30-20)14(8)22-11)13-10(16(17,18)19)5-21-15(23-13)31(2,27)28/h3-6,30H,1-2H3. The predicted molar refractivity (Wildman–Crippen MR) is 115 cm³/mol. The molecule has 0 saturated carbocycles. The maximum Gasteiger partial charge on any atom is 0.420 e. The third-order valence-corrected chi connectivity index (χ3v) is 6.97. The second-order valence-electron chi connectivity index (χ2n) is 6.41. The van der Waals surface area contributed by atoms with E-state index in [0.717, 1.165) is 6.26 Å². The Morgan fingerprint density at radius 2 is 1.94 bits per heavy atom. The average molecular weight is 582 g/mol. The van der Waals surface area contributed by atoms with Crippen LogP contribution in [0.4, 0.5) is 13.2 Å². The molecule has 0 aliphatic carbocycles. The van der Waals surface area contributed by atoms with Crippen molar-refractivity contribution in [2.45, 2.75) is 18.3 Å². The molecule has 0 saturated heterocycles. The van der Waals surface area contributed by atoms with E-state index in [1.165, 1.54) is 10.7 Å². The number of aromatic nitrogens is 6. The Morgan fingerprint density at radius 1 is 1.19 bits per heavy atom. The van der Waals surface area contributed by atoms with Crippen molar-refractivity contribution in [2.24, 2.45) is 0 Å². The number of rotatable bonds is 4. The fourth-order valence-corrected chi connectivity index (χ4v) is 4.75. The quantitative estimate of drug-likeness (QED) is 0.201. The second kappa shape index (κ2) is 7.74. The molecule has 1 atom stereocenters. The van der Waals surface area contributed by atoms with Gasteiger partial charge in [0.1, 0.15) is 23.2 Å². The van der Waals surface area contributed by atoms with Crippen LogP contribution in [-0.4, -0.2) is 44.3 Å². The minimum absolute atomic E-state index is 0.00928. The number of halogens is 4. The van der Waals surface area contributed by atoms with E-state index < -0.39 is 32.4 Å².